The second kappa shape index (κ2) is 7.35. The van der Waals surface area contributed by atoms with E-state index in [1.165, 1.54) is 0 Å². The van der Waals surface area contributed by atoms with E-state index in [1.807, 2.05) is 41.8 Å². The van der Waals surface area contributed by atoms with Gasteiger partial charge in [0.2, 0.25) is 0 Å². The Balaban J connectivity index is 2.19. The smallest absolute Gasteiger partial charge is 0.313 e. The summed E-state index contributed by atoms with van der Waals surface area (Å²) < 4.78 is 7.30. The van der Waals surface area contributed by atoms with Gasteiger partial charge in [-0.2, -0.15) is 0 Å². The summed E-state index contributed by atoms with van der Waals surface area (Å²) in [6.45, 7) is 1.98. The normalized spacial score (nSPS) is 10.6. The highest BCUT2D eigenvalue weighted by Gasteiger charge is 2.19. The van der Waals surface area contributed by atoms with Crippen molar-refractivity contribution in [1.29, 1.82) is 0 Å². The van der Waals surface area contributed by atoms with Gasteiger partial charge < -0.3 is 9.84 Å². The Labute approximate surface area is 148 Å². The zero-order chi connectivity index (χ0) is 17.8. The Hall–Kier alpha value is -2.87. The van der Waals surface area contributed by atoms with E-state index < -0.39 is 5.97 Å². The fourth-order valence-electron chi connectivity index (χ4n) is 2.37. The van der Waals surface area contributed by atoms with E-state index in [4.69, 9.17) is 9.84 Å². The molecule has 3 rings (SSSR count). The molecule has 0 amide bonds. The monoisotopic (exact) mass is 356 g/mol. The number of carboxylic acid groups (broad SMARTS) is 1. The van der Waals surface area contributed by atoms with Gasteiger partial charge in [0.05, 0.1) is 18.6 Å². The second-order valence-electron chi connectivity index (χ2n) is 5.24. The van der Waals surface area contributed by atoms with Crippen molar-refractivity contribution in [2.75, 3.05) is 12.9 Å². The van der Waals surface area contributed by atoms with Gasteiger partial charge in [-0.3, -0.25) is 14.3 Å². The van der Waals surface area contributed by atoms with Gasteiger partial charge in [0.25, 0.3) is 0 Å². The van der Waals surface area contributed by atoms with Crippen LogP contribution in [0.1, 0.15) is 5.56 Å². The summed E-state index contributed by atoms with van der Waals surface area (Å²) in [5, 5.41) is 17.9. The summed E-state index contributed by atoms with van der Waals surface area (Å²) in [7, 11) is 1.59. The van der Waals surface area contributed by atoms with Crippen LogP contribution in [0.4, 0.5) is 0 Å². The molecule has 25 heavy (non-hydrogen) atoms. The number of pyridine rings is 1. The standard InChI is InChI=1S/C17H16N4O3S/c1-11-3-4-14(24-2)13(9-11)21-16(12-5-7-18-8-6-12)19-20-17(21)25-10-15(22)23/h3-9H,10H2,1-2H3,(H,22,23). The SMILES string of the molecule is COc1ccc(C)cc1-n1c(SCC(=O)O)nnc1-c1ccncc1. The molecule has 8 heteroatoms. The molecular formula is C17H16N4O3S. The lowest BCUT2D eigenvalue weighted by Gasteiger charge is -2.14. The highest BCUT2D eigenvalue weighted by Crippen LogP contribution is 2.33. The third-order valence-electron chi connectivity index (χ3n) is 3.47. The van der Waals surface area contributed by atoms with Gasteiger partial charge in [-0.25, -0.2) is 0 Å². The molecule has 0 fully saturated rings. The van der Waals surface area contributed by atoms with Crippen molar-refractivity contribution < 1.29 is 14.6 Å². The third kappa shape index (κ3) is 3.63. The molecule has 7 nitrogen and oxygen atoms in total. The van der Waals surface area contributed by atoms with Gasteiger partial charge >= 0.3 is 5.97 Å². The summed E-state index contributed by atoms with van der Waals surface area (Å²) in [6.07, 6.45) is 3.35. The van der Waals surface area contributed by atoms with E-state index in [1.54, 1.807) is 19.5 Å². The molecule has 2 heterocycles. The fraction of sp³-hybridized carbons (Fsp3) is 0.176. The van der Waals surface area contributed by atoms with E-state index in [-0.39, 0.29) is 5.75 Å². The molecule has 0 atom stereocenters. The summed E-state index contributed by atoms with van der Waals surface area (Å²) in [4.78, 5) is 15.0. The zero-order valence-corrected chi connectivity index (χ0v) is 14.5. The molecule has 128 valence electrons. The number of aryl methyl sites for hydroxylation is 1. The Morgan fingerprint density at radius 2 is 2.00 bits per heavy atom. The lowest BCUT2D eigenvalue weighted by atomic mass is 10.2. The largest absolute Gasteiger partial charge is 0.495 e. The molecular weight excluding hydrogens is 340 g/mol. The number of nitrogens with zero attached hydrogens (tertiary/aromatic N) is 4. The van der Waals surface area contributed by atoms with Crippen LogP contribution in [0.3, 0.4) is 0 Å². The average Bonchev–Trinajstić information content (AvgIpc) is 3.04. The number of thioether (sulfide) groups is 1. The number of aliphatic carboxylic acids is 1. The Kier molecular flexibility index (Phi) is 4.99. The van der Waals surface area contributed by atoms with Crippen molar-refractivity contribution in [2.24, 2.45) is 0 Å². The van der Waals surface area contributed by atoms with Gasteiger partial charge in [-0.15, -0.1) is 10.2 Å². The molecule has 0 saturated heterocycles. The highest BCUT2D eigenvalue weighted by atomic mass is 32.2. The number of benzene rings is 1. The van der Waals surface area contributed by atoms with Crippen molar-refractivity contribution in [2.45, 2.75) is 12.1 Å². The van der Waals surface area contributed by atoms with Crippen molar-refractivity contribution in [1.82, 2.24) is 19.7 Å². The Morgan fingerprint density at radius 3 is 2.68 bits per heavy atom. The van der Waals surface area contributed by atoms with E-state index in [9.17, 15) is 4.79 Å². The molecule has 0 radical (unpaired) electrons. The van der Waals surface area contributed by atoms with Crippen molar-refractivity contribution in [3.05, 3.63) is 48.3 Å². The van der Waals surface area contributed by atoms with E-state index >= 15 is 0 Å². The van der Waals surface area contributed by atoms with Crippen LogP contribution in [-0.4, -0.2) is 43.7 Å². The maximum absolute atomic E-state index is 11.0. The molecule has 0 aliphatic rings. The van der Waals surface area contributed by atoms with Crippen LogP contribution in [0.2, 0.25) is 0 Å². The number of hydrogen-bond donors (Lipinski definition) is 1. The van der Waals surface area contributed by atoms with E-state index in [2.05, 4.69) is 15.2 Å². The first-order valence-corrected chi connectivity index (χ1v) is 8.44. The minimum absolute atomic E-state index is 0.109. The van der Waals surface area contributed by atoms with Gasteiger partial charge in [-0.1, -0.05) is 17.8 Å². The quantitative estimate of drug-likeness (QED) is 0.679. The predicted octanol–water partition coefficient (Wildman–Crippen LogP) is 2.82. The highest BCUT2D eigenvalue weighted by molar-refractivity contribution is 7.99. The van der Waals surface area contributed by atoms with E-state index in [0.717, 1.165) is 28.6 Å². The lowest BCUT2D eigenvalue weighted by molar-refractivity contribution is -0.133. The van der Waals surface area contributed by atoms with Crippen molar-refractivity contribution in [3.8, 4) is 22.8 Å². The molecule has 2 aromatic heterocycles. The van der Waals surface area contributed by atoms with Crippen LogP contribution in [0.15, 0.2) is 47.9 Å². The summed E-state index contributed by atoms with van der Waals surface area (Å²) in [6, 6.07) is 9.43. The van der Waals surface area contributed by atoms with Crippen LogP contribution < -0.4 is 4.74 Å². The first-order valence-electron chi connectivity index (χ1n) is 7.45. The molecule has 1 N–H and O–H groups in total. The number of ether oxygens (including phenoxy) is 1. The topological polar surface area (TPSA) is 90.1 Å². The van der Waals surface area contributed by atoms with Crippen LogP contribution in [0.25, 0.3) is 17.1 Å². The molecule has 0 bridgehead atoms. The Morgan fingerprint density at radius 1 is 1.24 bits per heavy atom. The minimum Gasteiger partial charge on any atom is -0.495 e. The number of aromatic nitrogens is 4. The molecule has 3 aromatic rings. The maximum Gasteiger partial charge on any atom is 0.313 e. The molecule has 1 aromatic carbocycles. The molecule has 0 aliphatic heterocycles. The van der Waals surface area contributed by atoms with Gasteiger partial charge in [-0.05, 0) is 36.8 Å². The number of hydrogen-bond acceptors (Lipinski definition) is 6. The number of carboxylic acids is 1. The summed E-state index contributed by atoms with van der Waals surface area (Å²) in [5.41, 5.74) is 2.62. The second-order valence-corrected chi connectivity index (χ2v) is 6.18. The molecule has 0 unspecified atom stereocenters. The molecule has 0 spiro atoms. The Bertz CT molecular complexity index is 896. The first-order chi connectivity index (χ1) is 12.1. The van der Waals surface area contributed by atoms with Gasteiger partial charge in [0, 0.05) is 18.0 Å². The van der Waals surface area contributed by atoms with Crippen LogP contribution in [0.5, 0.6) is 5.75 Å². The molecule has 0 aliphatic carbocycles. The lowest BCUT2D eigenvalue weighted by Crippen LogP contribution is -2.05. The number of carbonyl (C=O) groups is 1. The third-order valence-corrected chi connectivity index (χ3v) is 4.39. The van der Waals surface area contributed by atoms with Gasteiger partial charge in [0.1, 0.15) is 5.75 Å². The number of methoxy groups -OCH3 is 1. The van der Waals surface area contributed by atoms with Crippen LogP contribution in [0, 0.1) is 6.92 Å². The predicted molar refractivity (Wildman–Crippen MR) is 94.2 cm³/mol. The minimum atomic E-state index is -0.916. The van der Waals surface area contributed by atoms with Crippen molar-refractivity contribution >= 4 is 17.7 Å². The van der Waals surface area contributed by atoms with Crippen molar-refractivity contribution in [3.63, 3.8) is 0 Å². The van der Waals surface area contributed by atoms with Gasteiger partial charge in [0.15, 0.2) is 11.0 Å². The van der Waals surface area contributed by atoms with Crippen LogP contribution in [-0.2, 0) is 4.79 Å². The fourth-order valence-corrected chi connectivity index (χ4v) is 3.03. The van der Waals surface area contributed by atoms with E-state index in [0.29, 0.717) is 16.7 Å². The molecule has 0 saturated carbocycles. The summed E-state index contributed by atoms with van der Waals surface area (Å²) in [5.74, 6) is 0.223. The first kappa shape index (κ1) is 17.0. The average molecular weight is 356 g/mol. The zero-order valence-electron chi connectivity index (χ0n) is 13.7. The summed E-state index contributed by atoms with van der Waals surface area (Å²) >= 11 is 1.11. The maximum atomic E-state index is 11.0. The van der Waals surface area contributed by atoms with Crippen LogP contribution >= 0.6 is 11.8 Å². The number of rotatable bonds is 6.